The molecule has 0 bridgehead atoms. The van der Waals surface area contributed by atoms with Gasteiger partial charge in [0.15, 0.2) is 0 Å². The van der Waals surface area contributed by atoms with E-state index in [1.54, 1.807) is 0 Å². The molecule has 0 aromatic heterocycles. The fourth-order valence-corrected chi connectivity index (χ4v) is 6.31. The Morgan fingerprint density at radius 3 is 1.11 bits per heavy atom. The molecule has 0 fully saturated rings. The Balaban J connectivity index is 2.53. The number of hydrogen-bond acceptors (Lipinski definition) is 1. The van der Waals surface area contributed by atoms with Crippen LogP contribution in [-0.2, 0) is 11.2 Å². The number of benzene rings is 2. The molecule has 0 N–H and O–H groups in total. The predicted molar refractivity (Wildman–Crippen MR) is 124 cm³/mol. The van der Waals surface area contributed by atoms with Gasteiger partial charge in [0.05, 0.1) is 0 Å². The molecule has 2 aromatic carbocycles. The van der Waals surface area contributed by atoms with Crippen molar-refractivity contribution >= 4 is 11.2 Å². The van der Waals surface area contributed by atoms with Crippen molar-refractivity contribution in [2.45, 2.75) is 65.9 Å². The van der Waals surface area contributed by atoms with Crippen LogP contribution in [-0.4, -0.2) is 4.55 Å². The topological polar surface area (TPSA) is 23.1 Å². The molecule has 0 aliphatic carbocycles. The van der Waals surface area contributed by atoms with Gasteiger partial charge in [0, 0.05) is 23.0 Å². The van der Waals surface area contributed by atoms with Crippen LogP contribution in [0.4, 0.5) is 0 Å². The summed E-state index contributed by atoms with van der Waals surface area (Å²) in [5.74, 6) is 1.64. The first-order valence-corrected chi connectivity index (χ1v) is 11.9. The Bertz CT molecular complexity index is 654. The normalized spacial score (nSPS) is 17.4. The second-order valence-corrected chi connectivity index (χ2v) is 10.9. The minimum Gasteiger partial charge on any atom is -0.615 e. The van der Waals surface area contributed by atoms with E-state index in [0.717, 1.165) is 0 Å². The molecule has 28 heavy (non-hydrogen) atoms. The predicted octanol–water partition coefficient (Wildman–Crippen LogP) is 7.42. The maximum atomic E-state index is 14.2. The fourth-order valence-electron chi connectivity index (χ4n) is 3.67. The van der Waals surface area contributed by atoms with Crippen molar-refractivity contribution in [3.05, 3.63) is 70.8 Å². The second-order valence-electron chi connectivity index (χ2n) is 9.20. The summed E-state index contributed by atoms with van der Waals surface area (Å²) in [6.07, 6.45) is 0. The smallest absolute Gasteiger partial charge is 0.144 e. The van der Waals surface area contributed by atoms with Crippen molar-refractivity contribution in [1.82, 2.24) is 0 Å². The molecule has 2 aromatic rings. The van der Waals surface area contributed by atoms with Crippen LogP contribution in [0, 0.1) is 37.5 Å². The number of aryl methyl sites for hydroxylation is 2. The van der Waals surface area contributed by atoms with E-state index in [2.05, 4.69) is 104 Å². The quantitative estimate of drug-likeness (QED) is 0.424. The van der Waals surface area contributed by atoms with Gasteiger partial charge in [-0.1, -0.05) is 101 Å². The van der Waals surface area contributed by atoms with Gasteiger partial charge in [-0.15, -0.1) is 0 Å². The number of hydrogen-bond donors (Lipinski definition) is 0. The first-order chi connectivity index (χ1) is 13.1. The third-order valence-electron chi connectivity index (χ3n) is 6.37. The molecule has 1 nitrogen and oxygen atoms in total. The molecule has 4 unspecified atom stereocenters. The van der Waals surface area contributed by atoms with Gasteiger partial charge >= 0.3 is 0 Å². The first kappa shape index (κ1) is 23.0. The summed E-state index contributed by atoms with van der Waals surface area (Å²) in [7, 11) is 0. The van der Waals surface area contributed by atoms with Crippen LogP contribution in [0.5, 0.6) is 0 Å². The van der Waals surface area contributed by atoms with Gasteiger partial charge < -0.3 is 4.55 Å². The summed E-state index contributed by atoms with van der Waals surface area (Å²) >= 11 is -1.01. The lowest BCUT2D eigenvalue weighted by molar-refractivity contribution is 0.368. The molecule has 154 valence electrons. The van der Waals surface area contributed by atoms with Gasteiger partial charge in [-0.2, -0.15) is 0 Å². The summed E-state index contributed by atoms with van der Waals surface area (Å²) in [6, 6.07) is 17.3. The summed E-state index contributed by atoms with van der Waals surface area (Å²) in [5, 5.41) is 0.0706. The van der Waals surface area contributed by atoms with Crippen molar-refractivity contribution in [2.24, 2.45) is 23.7 Å². The standard InChI is InChI=1S/C26H38OS/c1-17(2)21(7)25(23-13-9-19(5)10-14-23)28(27)26(22(8)18(3)4)24-15-11-20(6)12-16-24/h9-18,21-22,25-26H,1-8H3. The van der Waals surface area contributed by atoms with Gasteiger partial charge in [-0.25, -0.2) is 0 Å². The second kappa shape index (κ2) is 9.98. The molecule has 4 atom stereocenters. The monoisotopic (exact) mass is 398 g/mol. The van der Waals surface area contributed by atoms with Gasteiger partial charge in [-0.05, 0) is 36.9 Å². The minimum atomic E-state index is -1.01. The van der Waals surface area contributed by atoms with Crippen LogP contribution >= 0.6 is 0 Å². The van der Waals surface area contributed by atoms with E-state index in [-0.39, 0.29) is 10.5 Å². The Hall–Kier alpha value is -1.25. The lowest BCUT2D eigenvalue weighted by Gasteiger charge is -2.37. The average Bonchev–Trinajstić information content (AvgIpc) is 2.65. The van der Waals surface area contributed by atoms with E-state index in [0.29, 0.717) is 23.7 Å². The van der Waals surface area contributed by atoms with Crippen molar-refractivity contribution < 1.29 is 4.55 Å². The highest BCUT2D eigenvalue weighted by Crippen LogP contribution is 2.46. The van der Waals surface area contributed by atoms with Gasteiger partial charge in [-0.3, -0.25) is 0 Å². The van der Waals surface area contributed by atoms with E-state index < -0.39 is 11.2 Å². The van der Waals surface area contributed by atoms with Crippen LogP contribution in [0.15, 0.2) is 48.5 Å². The summed E-state index contributed by atoms with van der Waals surface area (Å²) in [6.45, 7) is 17.7. The van der Waals surface area contributed by atoms with Crippen LogP contribution < -0.4 is 0 Å². The van der Waals surface area contributed by atoms with Crippen molar-refractivity contribution in [3.63, 3.8) is 0 Å². The van der Waals surface area contributed by atoms with E-state index >= 15 is 0 Å². The Kier molecular flexibility index (Phi) is 8.21. The summed E-state index contributed by atoms with van der Waals surface area (Å²) < 4.78 is 14.2. The van der Waals surface area contributed by atoms with Crippen molar-refractivity contribution in [2.75, 3.05) is 0 Å². The van der Waals surface area contributed by atoms with E-state index in [1.807, 2.05) is 0 Å². The van der Waals surface area contributed by atoms with Gasteiger partial charge in [0.2, 0.25) is 0 Å². The summed E-state index contributed by atoms with van der Waals surface area (Å²) in [4.78, 5) is 0. The lowest BCUT2D eigenvalue weighted by Crippen LogP contribution is -2.32. The molecular weight excluding hydrogens is 360 g/mol. The van der Waals surface area contributed by atoms with Crippen LogP contribution in [0.3, 0.4) is 0 Å². The SMILES string of the molecule is Cc1ccc(C(C(C)C(C)C)[S+]([O-])C(c2ccc(C)cc2)C(C)C(C)C)cc1. The van der Waals surface area contributed by atoms with Crippen molar-refractivity contribution in [1.29, 1.82) is 0 Å². The average molecular weight is 399 g/mol. The molecule has 0 saturated heterocycles. The summed E-state index contributed by atoms with van der Waals surface area (Å²) in [5.41, 5.74) is 4.91. The van der Waals surface area contributed by atoms with Crippen LogP contribution in [0.1, 0.15) is 74.3 Å². The largest absolute Gasteiger partial charge is 0.615 e. The third kappa shape index (κ3) is 5.42. The molecule has 2 rings (SSSR count). The van der Waals surface area contributed by atoms with Crippen LogP contribution in [0.25, 0.3) is 0 Å². The van der Waals surface area contributed by atoms with Gasteiger partial charge in [0.1, 0.15) is 10.5 Å². The maximum Gasteiger partial charge on any atom is 0.144 e. The number of rotatable bonds is 8. The molecule has 0 amide bonds. The first-order valence-electron chi connectivity index (χ1n) is 10.7. The highest BCUT2D eigenvalue weighted by Gasteiger charge is 2.41. The van der Waals surface area contributed by atoms with Crippen LogP contribution in [0.2, 0.25) is 0 Å². The molecule has 0 saturated carbocycles. The lowest BCUT2D eigenvalue weighted by atomic mass is 9.89. The van der Waals surface area contributed by atoms with E-state index in [4.69, 9.17) is 0 Å². The van der Waals surface area contributed by atoms with Crippen molar-refractivity contribution in [3.8, 4) is 0 Å². The Morgan fingerprint density at radius 2 is 0.857 bits per heavy atom. The molecule has 2 heteroatoms. The zero-order valence-electron chi connectivity index (χ0n) is 18.9. The Labute approximate surface area is 176 Å². The van der Waals surface area contributed by atoms with E-state index in [1.165, 1.54) is 22.3 Å². The molecule has 0 aliphatic heterocycles. The molecule has 0 spiro atoms. The zero-order chi connectivity index (χ0) is 21.0. The van der Waals surface area contributed by atoms with Gasteiger partial charge in [0.25, 0.3) is 0 Å². The zero-order valence-corrected chi connectivity index (χ0v) is 19.7. The molecule has 0 radical (unpaired) electrons. The third-order valence-corrected chi connectivity index (χ3v) is 8.77. The fraction of sp³-hybridized carbons (Fsp3) is 0.538. The molecule has 0 heterocycles. The molecular formula is C26H38OS. The maximum absolute atomic E-state index is 14.2. The highest BCUT2D eigenvalue weighted by atomic mass is 32.2. The Morgan fingerprint density at radius 1 is 0.571 bits per heavy atom. The minimum absolute atomic E-state index is 0.0353. The highest BCUT2D eigenvalue weighted by molar-refractivity contribution is 7.91. The molecule has 0 aliphatic rings. The van der Waals surface area contributed by atoms with E-state index in [9.17, 15) is 4.55 Å².